The molecule has 19 heavy (non-hydrogen) atoms. The Morgan fingerprint density at radius 2 is 2.16 bits per heavy atom. The van der Waals surface area contributed by atoms with Crippen molar-refractivity contribution in [1.82, 2.24) is 4.90 Å². The molecular weight excluding hydrogens is 258 g/mol. The Morgan fingerprint density at radius 1 is 1.47 bits per heavy atom. The molecule has 5 heteroatoms. The molecule has 1 atom stereocenters. The predicted octanol–water partition coefficient (Wildman–Crippen LogP) is 1.64. The number of hydrogen-bond acceptors (Lipinski definition) is 4. The van der Waals surface area contributed by atoms with E-state index in [1.54, 1.807) is 0 Å². The van der Waals surface area contributed by atoms with E-state index in [0.29, 0.717) is 24.9 Å². The van der Waals surface area contributed by atoms with Crippen LogP contribution in [-0.2, 0) is 4.79 Å². The van der Waals surface area contributed by atoms with Gasteiger partial charge in [0.15, 0.2) is 0 Å². The predicted molar refractivity (Wildman–Crippen MR) is 79.0 cm³/mol. The minimum Gasteiger partial charge on any atom is -0.370 e. The maximum absolute atomic E-state index is 11.0. The second-order valence-electron chi connectivity index (χ2n) is 5.35. The van der Waals surface area contributed by atoms with Gasteiger partial charge in [-0.15, -0.1) is 11.3 Å². The van der Waals surface area contributed by atoms with Crippen molar-refractivity contribution in [3.63, 3.8) is 0 Å². The van der Waals surface area contributed by atoms with Gasteiger partial charge in [-0.2, -0.15) is 0 Å². The Morgan fingerprint density at radius 3 is 2.63 bits per heavy atom. The van der Waals surface area contributed by atoms with Gasteiger partial charge in [-0.05, 0) is 50.9 Å². The number of nitrogens with zero attached hydrogens (tertiary/aromatic N) is 1. The number of thiophene rings is 1. The van der Waals surface area contributed by atoms with E-state index in [1.165, 1.54) is 9.75 Å². The third-order valence-corrected chi connectivity index (χ3v) is 4.99. The van der Waals surface area contributed by atoms with Crippen molar-refractivity contribution in [3.8, 4) is 0 Å². The van der Waals surface area contributed by atoms with E-state index >= 15 is 0 Å². The van der Waals surface area contributed by atoms with Crippen LogP contribution in [0.4, 0.5) is 0 Å². The SMILES string of the molecule is Cc1ccc(C(CN)N2CCC(CC(N)=O)CC2)s1. The second-order valence-corrected chi connectivity index (χ2v) is 6.67. The number of primary amides is 1. The van der Waals surface area contributed by atoms with Crippen LogP contribution in [0.15, 0.2) is 12.1 Å². The standard InChI is InChI=1S/C14H23N3OS/c1-10-2-3-13(19-10)12(9-15)17-6-4-11(5-7-17)8-14(16)18/h2-3,11-12H,4-9,15H2,1H3,(H2,16,18). The number of carbonyl (C=O) groups excluding carboxylic acids is 1. The molecule has 1 unspecified atom stereocenters. The van der Waals surface area contributed by atoms with Crippen LogP contribution in [0.5, 0.6) is 0 Å². The molecular formula is C14H23N3OS. The normalized spacial score (nSPS) is 19.5. The zero-order valence-corrected chi connectivity index (χ0v) is 12.3. The molecule has 0 saturated carbocycles. The summed E-state index contributed by atoms with van der Waals surface area (Å²) in [6.45, 7) is 4.80. The molecule has 1 fully saturated rings. The lowest BCUT2D eigenvalue weighted by atomic mass is 9.92. The summed E-state index contributed by atoms with van der Waals surface area (Å²) in [6, 6.07) is 4.67. The van der Waals surface area contributed by atoms with Crippen LogP contribution in [0, 0.1) is 12.8 Å². The van der Waals surface area contributed by atoms with E-state index in [0.717, 1.165) is 25.9 Å². The van der Waals surface area contributed by atoms with Gasteiger partial charge < -0.3 is 11.5 Å². The van der Waals surface area contributed by atoms with E-state index < -0.39 is 0 Å². The van der Waals surface area contributed by atoms with E-state index in [1.807, 2.05) is 11.3 Å². The quantitative estimate of drug-likeness (QED) is 0.862. The molecule has 4 N–H and O–H groups in total. The van der Waals surface area contributed by atoms with Crippen LogP contribution in [0.3, 0.4) is 0 Å². The summed E-state index contributed by atoms with van der Waals surface area (Å²) in [5, 5.41) is 0. The van der Waals surface area contributed by atoms with Crippen molar-refractivity contribution in [2.45, 2.75) is 32.2 Å². The Kier molecular flexibility index (Phi) is 4.96. The molecule has 1 aromatic rings. The lowest BCUT2D eigenvalue weighted by Gasteiger charge is -2.36. The van der Waals surface area contributed by atoms with Gasteiger partial charge in [-0.1, -0.05) is 0 Å². The Hall–Kier alpha value is -0.910. The van der Waals surface area contributed by atoms with Gasteiger partial charge >= 0.3 is 0 Å². The summed E-state index contributed by atoms with van der Waals surface area (Å²) in [4.78, 5) is 16.1. The zero-order chi connectivity index (χ0) is 13.8. The van der Waals surface area contributed by atoms with Crippen molar-refractivity contribution < 1.29 is 4.79 Å². The number of likely N-dealkylation sites (tertiary alicyclic amines) is 1. The average Bonchev–Trinajstić information content (AvgIpc) is 2.78. The van der Waals surface area contributed by atoms with Gasteiger partial charge in [0.1, 0.15) is 0 Å². The van der Waals surface area contributed by atoms with Gasteiger partial charge in [-0.25, -0.2) is 0 Å². The minimum absolute atomic E-state index is 0.178. The molecule has 4 nitrogen and oxygen atoms in total. The maximum atomic E-state index is 11.0. The Labute approximate surface area is 118 Å². The van der Waals surface area contributed by atoms with E-state index in [-0.39, 0.29) is 5.91 Å². The van der Waals surface area contributed by atoms with Crippen LogP contribution in [-0.4, -0.2) is 30.4 Å². The minimum atomic E-state index is -0.178. The van der Waals surface area contributed by atoms with E-state index in [2.05, 4.69) is 24.0 Å². The van der Waals surface area contributed by atoms with E-state index in [4.69, 9.17) is 11.5 Å². The van der Waals surface area contributed by atoms with Gasteiger partial charge in [0.2, 0.25) is 5.91 Å². The van der Waals surface area contributed by atoms with Crippen LogP contribution >= 0.6 is 11.3 Å². The fourth-order valence-electron chi connectivity index (χ4n) is 2.83. The molecule has 2 rings (SSSR count). The fourth-order valence-corrected chi connectivity index (χ4v) is 3.86. The highest BCUT2D eigenvalue weighted by atomic mass is 32.1. The van der Waals surface area contributed by atoms with Crippen LogP contribution in [0.2, 0.25) is 0 Å². The van der Waals surface area contributed by atoms with Crippen LogP contribution in [0.25, 0.3) is 0 Å². The number of carbonyl (C=O) groups is 1. The highest BCUT2D eigenvalue weighted by molar-refractivity contribution is 7.12. The molecule has 1 aliphatic heterocycles. The lowest BCUT2D eigenvalue weighted by Crippen LogP contribution is -2.40. The molecule has 1 amide bonds. The second kappa shape index (κ2) is 6.50. The molecule has 0 aliphatic carbocycles. The molecule has 1 aromatic heterocycles. The number of piperidine rings is 1. The smallest absolute Gasteiger partial charge is 0.217 e. The summed E-state index contributed by atoms with van der Waals surface area (Å²) in [7, 11) is 0. The van der Waals surface area contributed by atoms with Crippen molar-refractivity contribution >= 4 is 17.2 Å². The number of hydrogen-bond donors (Lipinski definition) is 2. The topological polar surface area (TPSA) is 72.3 Å². The summed E-state index contributed by atoms with van der Waals surface area (Å²) >= 11 is 1.83. The molecule has 0 aromatic carbocycles. The van der Waals surface area contributed by atoms with Gasteiger partial charge in [0.05, 0.1) is 6.04 Å². The molecule has 106 valence electrons. The third kappa shape index (κ3) is 3.78. The van der Waals surface area contributed by atoms with E-state index in [9.17, 15) is 4.79 Å². The molecule has 0 spiro atoms. The van der Waals surface area contributed by atoms with Crippen molar-refractivity contribution in [2.24, 2.45) is 17.4 Å². The first-order valence-corrected chi connectivity index (χ1v) is 7.70. The molecule has 1 aliphatic rings. The van der Waals surface area contributed by atoms with Gasteiger partial charge in [0, 0.05) is 22.7 Å². The van der Waals surface area contributed by atoms with Crippen molar-refractivity contribution in [1.29, 1.82) is 0 Å². The van der Waals surface area contributed by atoms with Gasteiger partial charge in [0.25, 0.3) is 0 Å². The first-order valence-electron chi connectivity index (χ1n) is 6.89. The highest BCUT2D eigenvalue weighted by Crippen LogP contribution is 2.31. The largest absolute Gasteiger partial charge is 0.370 e. The lowest BCUT2D eigenvalue weighted by molar-refractivity contribution is -0.119. The molecule has 0 radical (unpaired) electrons. The average molecular weight is 281 g/mol. The molecule has 2 heterocycles. The zero-order valence-electron chi connectivity index (χ0n) is 11.5. The van der Waals surface area contributed by atoms with Crippen LogP contribution in [0.1, 0.15) is 35.1 Å². The summed E-state index contributed by atoms with van der Waals surface area (Å²) < 4.78 is 0. The number of aryl methyl sites for hydroxylation is 1. The van der Waals surface area contributed by atoms with Crippen molar-refractivity contribution in [2.75, 3.05) is 19.6 Å². The number of nitrogens with two attached hydrogens (primary N) is 2. The Balaban J connectivity index is 1.93. The number of rotatable bonds is 5. The van der Waals surface area contributed by atoms with Crippen LogP contribution < -0.4 is 11.5 Å². The first-order chi connectivity index (χ1) is 9.10. The summed E-state index contributed by atoms with van der Waals surface area (Å²) in [5.41, 5.74) is 11.2. The summed E-state index contributed by atoms with van der Waals surface area (Å²) in [6.07, 6.45) is 2.62. The third-order valence-electron chi connectivity index (χ3n) is 3.89. The molecule has 1 saturated heterocycles. The van der Waals surface area contributed by atoms with Crippen molar-refractivity contribution in [3.05, 3.63) is 21.9 Å². The Bertz CT molecular complexity index is 424. The van der Waals surface area contributed by atoms with Gasteiger partial charge in [-0.3, -0.25) is 9.69 Å². The number of amides is 1. The maximum Gasteiger partial charge on any atom is 0.217 e. The summed E-state index contributed by atoms with van der Waals surface area (Å²) in [5.74, 6) is 0.278. The molecule has 0 bridgehead atoms. The monoisotopic (exact) mass is 281 g/mol. The highest BCUT2D eigenvalue weighted by Gasteiger charge is 2.26. The first kappa shape index (κ1) is 14.5. The fraction of sp³-hybridized carbons (Fsp3) is 0.643.